The molecule has 0 aromatic carbocycles. The molecule has 0 aliphatic heterocycles. The highest BCUT2D eigenvalue weighted by molar-refractivity contribution is 5.71. The summed E-state index contributed by atoms with van der Waals surface area (Å²) in [7, 11) is 0. The molecule has 77 heavy (non-hydrogen) atoms. The molecular formula is C71H122O6. The van der Waals surface area contributed by atoms with Crippen molar-refractivity contribution in [3.8, 4) is 0 Å². The van der Waals surface area contributed by atoms with Crippen LogP contribution in [-0.4, -0.2) is 37.2 Å². The van der Waals surface area contributed by atoms with E-state index in [-0.39, 0.29) is 31.1 Å². The fraction of sp³-hybridized carbons (Fsp3) is 0.732. The van der Waals surface area contributed by atoms with Gasteiger partial charge in [0.25, 0.3) is 0 Å². The van der Waals surface area contributed by atoms with Crippen LogP contribution in [0.1, 0.15) is 316 Å². The Hall–Kier alpha value is -3.67. The molecule has 6 heteroatoms. The highest BCUT2D eigenvalue weighted by Gasteiger charge is 2.19. The average Bonchev–Trinajstić information content (AvgIpc) is 3.43. The molecule has 0 N–H and O–H groups in total. The molecule has 0 saturated carbocycles. The Labute approximate surface area is 477 Å². The number of esters is 3. The third-order valence-corrected chi connectivity index (χ3v) is 14.1. The van der Waals surface area contributed by atoms with E-state index in [1.807, 2.05) is 0 Å². The minimum atomic E-state index is -0.781. The summed E-state index contributed by atoms with van der Waals surface area (Å²) >= 11 is 0. The number of hydrogen-bond donors (Lipinski definition) is 0. The first kappa shape index (κ1) is 73.3. The second-order valence-corrected chi connectivity index (χ2v) is 21.6. The Bertz CT molecular complexity index is 1510. The summed E-state index contributed by atoms with van der Waals surface area (Å²) in [4.78, 5) is 37.9. The van der Waals surface area contributed by atoms with Gasteiger partial charge >= 0.3 is 17.9 Å². The SMILES string of the molecule is CC/C=C\C/C=C\C/C=C\C/C=C\C/C=C\CCCCCCCCCC(=O)OC(COC(=O)CCCCCCC)COC(=O)CCCCCCCCCCCCCCCCCC/C=C\C/C=C\C/C=C\CCCCCCC. The van der Waals surface area contributed by atoms with Crippen molar-refractivity contribution in [2.75, 3.05) is 13.2 Å². The topological polar surface area (TPSA) is 78.9 Å². The molecule has 442 valence electrons. The number of carbonyl (C=O) groups is 3. The summed E-state index contributed by atoms with van der Waals surface area (Å²) in [5.74, 6) is -0.898. The quantitative estimate of drug-likeness (QED) is 0.0261. The van der Waals surface area contributed by atoms with Gasteiger partial charge in [0.1, 0.15) is 13.2 Å². The standard InChI is InChI=1S/C71H122O6/c1-4-7-10-13-15-17-19-21-23-25-27-29-31-32-33-34-35-36-37-38-40-41-43-45-47-49-51-53-55-58-61-64-70(73)76-67-68(66-75-69(72)63-60-57-12-9-6-3)77-71(74)65-62-59-56-54-52-50-48-46-44-42-39-30-28-26-24-22-20-18-16-14-11-8-5-2/h8,11,16,18-19,21-22,24-25,27-28,30-32,42,44,68H,4-7,9-10,12-15,17,20,23,26,29,33-41,43,45-67H2,1-3H3/b11-8-,18-16-,21-19-,24-22-,27-25-,30-28-,32-31-,44-42-. The smallest absolute Gasteiger partial charge is 0.306 e. The van der Waals surface area contributed by atoms with E-state index in [0.29, 0.717) is 19.3 Å². The summed E-state index contributed by atoms with van der Waals surface area (Å²) < 4.78 is 16.8. The molecule has 6 nitrogen and oxygen atoms in total. The fourth-order valence-corrected chi connectivity index (χ4v) is 9.18. The molecule has 0 heterocycles. The van der Waals surface area contributed by atoms with Crippen molar-refractivity contribution < 1.29 is 28.6 Å². The maximum absolute atomic E-state index is 12.8. The number of allylic oxidation sites excluding steroid dienone is 16. The first-order valence-electron chi connectivity index (χ1n) is 32.7. The van der Waals surface area contributed by atoms with Crippen molar-refractivity contribution in [1.82, 2.24) is 0 Å². The van der Waals surface area contributed by atoms with Crippen LogP contribution in [0, 0.1) is 0 Å². The minimum Gasteiger partial charge on any atom is -0.462 e. The number of carbonyl (C=O) groups excluding carboxylic acids is 3. The van der Waals surface area contributed by atoms with Crippen LogP contribution in [0.4, 0.5) is 0 Å². The van der Waals surface area contributed by atoms with Gasteiger partial charge in [-0.3, -0.25) is 14.4 Å². The van der Waals surface area contributed by atoms with Crippen molar-refractivity contribution in [2.24, 2.45) is 0 Å². The lowest BCUT2D eigenvalue weighted by Crippen LogP contribution is -2.30. The zero-order chi connectivity index (χ0) is 55.7. The van der Waals surface area contributed by atoms with Crippen molar-refractivity contribution >= 4 is 17.9 Å². The monoisotopic (exact) mass is 1070 g/mol. The first-order chi connectivity index (χ1) is 38.0. The predicted molar refractivity (Wildman–Crippen MR) is 334 cm³/mol. The van der Waals surface area contributed by atoms with Gasteiger partial charge in [-0.05, 0) is 103 Å². The van der Waals surface area contributed by atoms with Crippen LogP contribution in [0.25, 0.3) is 0 Å². The average molecular weight is 1070 g/mol. The lowest BCUT2D eigenvalue weighted by Gasteiger charge is -2.18. The molecule has 0 aromatic heterocycles. The van der Waals surface area contributed by atoms with E-state index in [0.717, 1.165) is 116 Å². The van der Waals surface area contributed by atoms with Gasteiger partial charge in [0.2, 0.25) is 0 Å². The highest BCUT2D eigenvalue weighted by atomic mass is 16.6. The van der Waals surface area contributed by atoms with Crippen LogP contribution in [0.2, 0.25) is 0 Å². The van der Waals surface area contributed by atoms with Gasteiger partial charge in [0, 0.05) is 19.3 Å². The van der Waals surface area contributed by atoms with E-state index >= 15 is 0 Å². The lowest BCUT2D eigenvalue weighted by molar-refractivity contribution is -0.167. The minimum absolute atomic E-state index is 0.0806. The molecule has 0 fully saturated rings. The molecular weight excluding hydrogens is 949 g/mol. The summed E-state index contributed by atoms with van der Waals surface area (Å²) in [6.45, 7) is 6.44. The molecule has 0 aliphatic carbocycles. The van der Waals surface area contributed by atoms with E-state index in [2.05, 4.69) is 118 Å². The van der Waals surface area contributed by atoms with E-state index in [9.17, 15) is 14.4 Å². The molecule has 0 bridgehead atoms. The van der Waals surface area contributed by atoms with Crippen LogP contribution in [-0.2, 0) is 28.6 Å². The molecule has 0 aromatic rings. The molecule has 0 saturated heterocycles. The number of hydrogen-bond acceptors (Lipinski definition) is 6. The van der Waals surface area contributed by atoms with E-state index in [4.69, 9.17) is 14.2 Å². The van der Waals surface area contributed by atoms with Crippen LogP contribution >= 0.6 is 0 Å². The molecule has 0 rings (SSSR count). The van der Waals surface area contributed by atoms with Gasteiger partial charge in [-0.15, -0.1) is 0 Å². The second kappa shape index (κ2) is 64.9. The van der Waals surface area contributed by atoms with Crippen molar-refractivity contribution in [3.63, 3.8) is 0 Å². The summed E-state index contributed by atoms with van der Waals surface area (Å²) in [6, 6.07) is 0. The van der Waals surface area contributed by atoms with Crippen LogP contribution in [0.15, 0.2) is 97.2 Å². The molecule has 1 unspecified atom stereocenters. The molecule has 0 aliphatic rings. The third-order valence-electron chi connectivity index (χ3n) is 14.1. The zero-order valence-corrected chi connectivity index (χ0v) is 50.7. The van der Waals surface area contributed by atoms with Crippen LogP contribution in [0.5, 0.6) is 0 Å². The van der Waals surface area contributed by atoms with Gasteiger partial charge in [0.05, 0.1) is 0 Å². The van der Waals surface area contributed by atoms with Gasteiger partial charge in [-0.2, -0.15) is 0 Å². The van der Waals surface area contributed by atoms with Crippen molar-refractivity contribution in [1.29, 1.82) is 0 Å². The van der Waals surface area contributed by atoms with Gasteiger partial charge in [0.15, 0.2) is 6.10 Å². The van der Waals surface area contributed by atoms with Crippen LogP contribution < -0.4 is 0 Å². The van der Waals surface area contributed by atoms with Crippen LogP contribution in [0.3, 0.4) is 0 Å². The maximum atomic E-state index is 12.8. The van der Waals surface area contributed by atoms with E-state index in [1.165, 1.54) is 161 Å². The largest absolute Gasteiger partial charge is 0.462 e. The number of ether oxygens (including phenoxy) is 3. The maximum Gasteiger partial charge on any atom is 0.306 e. The van der Waals surface area contributed by atoms with Gasteiger partial charge in [-0.1, -0.05) is 291 Å². The Balaban J connectivity index is 4.02. The Morgan fingerprint density at radius 1 is 0.273 bits per heavy atom. The normalized spacial score (nSPS) is 12.7. The summed E-state index contributed by atoms with van der Waals surface area (Å²) in [6.07, 6.45) is 87.6. The second-order valence-electron chi connectivity index (χ2n) is 21.6. The van der Waals surface area contributed by atoms with Crippen molar-refractivity contribution in [2.45, 2.75) is 322 Å². The highest BCUT2D eigenvalue weighted by Crippen LogP contribution is 2.16. The Morgan fingerprint density at radius 3 is 0.792 bits per heavy atom. The third kappa shape index (κ3) is 63.0. The number of unbranched alkanes of at least 4 members (excludes halogenated alkanes) is 32. The Morgan fingerprint density at radius 2 is 0.506 bits per heavy atom. The molecule has 1 atom stereocenters. The predicted octanol–water partition coefficient (Wildman–Crippen LogP) is 22.4. The van der Waals surface area contributed by atoms with E-state index < -0.39 is 6.10 Å². The van der Waals surface area contributed by atoms with Gasteiger partial charge < -0.3 is 14.2 Å². The number of rotatable bonds is 59. The zero-order valence-electron chi connectivity index (χ0n) is 50.7. The first-order valence-corrected chi connectivity index (χ1v) is 32.7. The fourth-order valence-electron chi connectivity index (χ4n) is 9.18. The lowest BCUT2D eigenvalue weighted by atomic mass is 10.0. The molecule has 0 radical (unpaired) electrons. The van der Waals surface area contributed by atoms with E-state index in [1.54, 1.807) is 0 Å². The Kier molecular flexibility index (Phi) is 61.8. The van der Waals surface area contributed by atoms with Crippen molar-refractivity contribution in [3.05, 3.63) is 97.2 Å². The summed E-state index contributed by atoms with van der Waals surface area (Å²) in [5, 5.41) is 0. The van der Waals surface area contributed by atoms with Gasteiger partial charge in [-0.25, -0.2) is 0 Å². The molecule has 0 spiro atoms. The molecule has 0 amide bonds. The summed E-state index contributed by atoms with van der Waals surface area (Å²) in [5.41, 5.74) is 0.